The average Bonchev–Trinajstić information content (AvgIpc) is 2.90. The van der Waals surface area contributed by atoms with Gasteiger partial charge in [0.15, 0.2) is 0 Å². The highest BCUT2D eigenvalue weighted by Gasteiger charge is 2.22. The zero-order chi connectivity index (χ0) is 12.4. The predicted molar refractivity (Wildman–Crippen MR) is 66.9 cm³/mol. The van der Waals surface area contributed by atoms with Gasteiger partial charge in [-0.05, 0) is 25.0 Å². The number of rotatable bonds is 2. The molecule has 0 bridgehead atoms. The van der Waals surface area contributed by atoms with Crippen molar-refractivity contribution in [1.29, 1.82) is 0 Å². The third-order valence-corrected chi connectivity index (χ3v) is 3.15. The van der Waals surface area contributed by atoms with E-state index in [0.717, 1.165) is 25.0 Å². The molecule has 1 unspecified atom stereocenters. The van der Waals surface area contributed by atoms with E-state index in [-0.39, 0.29) is 5.92 Å². The second-order valence-corrected chi connectivity index (χ2v) is 4.46. The Bertz CT molecular complexity index is 533. The van der Waals surface area contributed by atoms with Gasteiger partial charge in [0.25, 0.3) is 0 Å². The Morgan fingerprint density at radius 3 is 2.94 bits per heavy atom. The van der Waals surface area contributed by atoms with Crippen LogP contribution >= 0.6 is 0 Å². The largest absolute Gasteiger partial charge is 0.398 e. The Balaban J connectivity index is 1.87. The number of nitrogen functional groups attached to an aromatic ring is 1. The topological polar surface area (TPSA) is 74.2 Å². The molecule has 1 fully saturated rings. The number of anilines is 1. The Labute approximate surface area is 105 Å². The lowest BCUT2D eigenvalue weighted by Gasteiger charge is -2.18. The van der Waals surface area contributed by atoms with Gasteiger partial charge in [-0.3, -0.25) is 0 Å². The van der Waals surface area contributed by atoms with Gasteiger partial charge in [-0.1, -0.05) is 17.3 Å². The molecule has 5 nitrogen and oxygen atoms in total. The highest BCUT2D eigenvalue weighted by atomic mass is 16.5. The van der Waals surface area contributed by atoms with Crippen LogP contribution in [0.5, 0.6) is 0 Å². The molecule has 1 aliphatic heterocycles. The summed E-state index contributed by atoms with van der Waals surface area (Å²) in [5.74, 6) is 1.41. The van der Waals surface area contributed by atoms with Crippen molar-refractivity contribution in [2.24, 2.45) is 0 Å². The summed E-state index contributed by atoms with van der Waals surface area (Å²) < 4.78 is 10.7. The average molecular weight is 245 g/mol. The zero-order valence-corrected chi connectivity index (χ0v) is 10.0. The molecule has 3 rings (SSSR count). The molecule has 2 N–H and O–H groups in total. The van der Waals surface area contributed by atoms with Crippen LogP contribution in [0.25, 0.3) is 11.4 Å². The number of hydrogen-bond acceptors (Lipinski definition) is 5. The number of ether oxygens (including phenoxy) is 1. The number of nitrogens with zero attached hydrogens (tertiary/aromatic N) is 2. The molecule has 0 saturated carbocycles. The van der Waals surface area contributed by atoms with Crippen molar-refractivity contribution in [1.82, 2.24) is 10.1 Å². The first-order chi connectivity index (χ1) is 8.84. The van der Waals surface area contributed by atoms with Gasteiger partial charge in [0, 0.05) is 17.9 Å². The van der Waals surface area contributed by atoms with E-state index in [1.54, 1.807) is 0 Å². The standard InChI is InChI=1S/C13H15N3O2/c14-11-6-2-1-5-10(11)12-15-13(18-16-12)9-4-3-7-17-8-9/h1-2,5-6,9H,3-4,7-8,14H2. The van der Waals surface area contributed by atoms with E-state index in [0.29, 0.717) is 24.0 Å². The Hall–Kier alpha value is -1.88. The molecule has 2 heterocycles. The molecule has 1 atom stereocenters. The maximum absolute atomic E-state index is 5.89. The van der Waals surface area contributed by atoms with E-state index in [4.69, 9.17) is 15.0 Å². The lowest BCUT2D eigenvalue weighted by molar-refractivity contribution is 0.0705. The molecule has 1 aliphatic rings. The Morgan fingerprint density at radius 2 is 2.17 bits per heavy atom. The van der Waals surface area contributed by atoms with Crippen LogP contribution in [-0.4, -0.2) is 23.4 Å². The first kappa shape index (κ1) is 11.2. The molecule has 0 spiro atoms. The van der Waals surface area contributed by atoms with Gasteiger partial charge in [-0.15, -0.1) is 0 Å². The first-order valence-electron chi connectivity index (χ1n) is 6.11. The molecule has 1 aromatic heterocycles. The number of benzene rings is 1. The molecular weight excluding hydrogens is 230 g/mol. The lowest BCUT2D eigenvalue weighted by atomic mass is 10.0. The van der Waals surface area contributed by atoms with Gasteiger partial charge in [0.1, 0.15) is 0 Å². The van der Waals surface area contributed by atoms with Crippen LogP contribution in [-0.2, 0) is 4.74 Å². The van der Waals surface area contributed by atoms with Crippen LogP contribution in [0.3, 0.4) is 0 Å². The summed E-state index contributed by atoms with van der Waals surface area (Å²) in [6.45, 7) is 1.48. The highest BCUT2D eigenvalue weighted by Crippen LogP contribution is 2.28. The quantitative estimate of drug-likeness (QED) is 0.821. The van der Waals surface area contributed by atoms with Gasteiger partial charge < -0.3 is 15.0 Å². The summed E-state index contributed by atoms with van der Waals surface area (Å²) >= 11 is 0. The minimum Gasteiger partial charge on any atom is -0.398 e. The molecule has 1 saturated heterocycles. The third kappa shape index (κ3) is 2.09. The Morgan fingerprint density at radius 1 is 1.28 bits per heavy atom. The van der Waals surface area contributed by atoms with Gasteiger partial charge in [-0.2, -0.15) is 4.98 Å². The maximum Gasteiger partial charge on any atom is 0.232 e. The third-order valence-electron chi connectivity index (χ3n) is 3.15. The summed E-state index contributed by atoms with van der Waals surface area (Å²) in [5.41, 5.74) is 7.36. The summed E-state index contributed by atoms with van der Waals surface area (Å²) in [6, 6.07) is 7.51. The molecular formula is C13H15N3O2. The van der Waals surface area contributed by atoms with E-state index in [1.807, 2.05) is 24.3 Å². The molecule has 1 aromatic carbocycles. The SMILES string of the molecule is Nc1ccccc1-c1noc(C2CCCOC2)n1. The van der Waals surface area contributed by atoms with Gasteiger partial charge in [-0.25, -0.2) is 0 Å². The Kier molecular flexibility index (Phi) is 2.98. The van der Waals surface area contributed by atoms with Crippen LogP contribution in [0.2, 0.25) is 0 Å². The van der Waals surface area contributed by atoms with Gasteiger partial charge >= 0.3 is 0 Å². The maximum atomic E-state index is 5.89. The van der Waals surface area contributed by atoms with Crippen molar-refractivity contribution in [2.75, 3.05) is 18.9 Å². The molecule has 18 heavy (non-hydrogen) atoms. The zero-order valence-electron chi connectivity index (χ0n) is 10.0. The van der Waals surface area contributed by atoms with Crippen molar-refractivity contribution in [3.05, 3.63) is 30.2 Å². The van der Waals surface area contributed by atoms with Gasteiger partial charge in [0.2, 0.25) is 11.7 Å². The fourth-order valence-electron chi connectivity index (χ4n) is 2.15. The van der Waals surface area contributed by atoms with Crippen LogP contribution in [0.1, 0.15) is 24.7 Å². The van der Waals surface area contributed by atoms with Crippen LogP contribution in [0, 0.1) is 0 Å². The van der Waals surface area contributed by atoms with E-state index in [9.17, 15) is 0 Å². The fraction of sp³-hybridized carbons (Fsp3) is 0.385. The normalized spacial score (nSPS) is 19.9. The number of hydrogen-bond donors (Lipinski definition) is 1. The molecule has 94 valence electrons. The van der Waals surface area contributed by atoms with E-state index >= 15 is 0 Å². The highest BCUT2D eigenvalue weighted by molar-refractivity contribution is 5.70. The van der Waals surface area contributed by atoms with Crippen molar-refractivity contribution < 1.29 is 9.26 Å². The molecule has 5 heteroatoms. The summed E-state index contributed by atoms with van der Waals surface area (Å²) in [5, 5.41) is 4.00. The minimum atomic E-state index is 0.213. The van der Waals surface area contributed by atoms with Crippen LogP contribution in [0.15, 0.2) is 28.8 Å². The van der Waals surface area contributed by atoms with Crippen LogP contribution < -0.4 is 5.73 Å². The molecule has 0 radical (unpaired) electrons. The van der Waals surface area contributed by atoms with E-state index in [1.165, 1.54) is 0 Å². The molecule has 0 aliphatic carbocycles. The lowest BCUT2D eigenvalue weighted by Crippen LogP contribution is -2.15. The second kappa shape index (κ2) is 4.78. The number of nitrogens with two attached hydrogens (primary N) is 1. The van der Waals surface area contributed by atoms with Crippen LogP contribution in [0.4, 0.5) is 5.69 Å². The summed E-state index contributed by atoms with van der Waals surface area (Å²) in [7, 11) is 0. The second-order valence-electron chi connectivity index (χ2n) is 4.46. The van der Waals surface area contributed by atoms with Crippen molar-refractivity contribution in [2.45, 2.75) is 18.8 Å². The minimum absolute atomic E-state index is 0.213. The molecule has 0 amide bonds. The number of aromatic nitrogens is 2. The monoisotopic (exact) mass is 245 g/mol. The fourth-order valence-corrected chi connectivity index (χ4v) is 2.15. The summed E-state index contributed by atoms with van der Waals surface area (Å²) in [4.78, 5) is 4.43. The van der Waals surface area contributed by atoms with Crippen molar-refractivity contribution in [3.8, 4) is 11.4 Å². The van der Waals surface area contributed by atoms with Crippen molar-refractivity contribution in [3.63, 3.8) is 0 Å². The predicted octanol–water partition coefficient (Wildman–Crippen LogP) is 2.21. The first-order valence-corrected chi connectivity index (χ1v) is 6.11. The van der Waals surface area contributed by atoms with Gasteiger partial charge in [0.05, 0.1) is 12.5 Å². The summed E-state index contributed by atoms with van der Waals surface area (Å²) in [6.07, 6.45) is 2.07. The van der Waals surface area contributed by atoms with E-state index < -0.39 is 0 Å². The number of para-hydroxylation sites is 1. The van der Waals surface area contributed by atoms with Crippen molar-refractivity contribution >= 4 is 5.69 Å². The smallest absolute Gasteiger partial charge is 0.232 e. The molecule has 2 aromatic rings. The van der Waals surface area contributed by atoms with E-state index in [2.05, 4.69) is 10.1 Å².